The van der Waals surface area contributed by atoms with Crippen molar-refractivity contribution in [1.82, 2.24) is 6.15 Å². The van der Waals surface area contributed by atoms with Crippen LogP contribution in [-0.2, 0) is 38.1 Å². The van der Waals surface area contributed by atoms with Gasteiger partial charge in [-0.1, -0.05) is 13.8 Å². The molecule has 0 aromatic heterocycles. The van der Waals surface area contributed by atoms with Crippen molar-refractivity contribution in [1.29, 1.82) is 0 Å². The Balaban J connectivity index is 0.000000547. The number of aliphatic carboxylic acids is 1. The van der Waals surface area contributed by atoms with Gasteiger partial charge in [-0.25, -0.2) is 33.6 Å². The summed E-state index contributed by atoms with van der Waals surface area (Å²) in [5, 5.41) is 60.4. The average molecular weight is 4400 g/mol. The van der Waals surface area contributed by atoms with Crippen LogP contribution in [0, 0.1) is 95.1 Å². The molecule has 8 aromatic rings. The van der Waals surface area contributed by atoms with Crippen molar-refractivity contribution in [3.8, 4) is 17.2 Å². The van der Waals surface area contributed by atoms with Gasteiger partial charge in [0.05, 0.1) is 111 Å². The highest BCUT2D eigenvalue weighted by Gasteiger charge is 2.42. The lowest BCUT2D eigenvalue weighted by molar-refractivity contribution is -0.728. The van der Waals surface area contributed by atoms with E-state index in [0.717, 1.165) is 136 Å². The molecule has 26 nitrogen and oxygen atoms in total. The van der Waals surface area contributed by atoms with Gasteiger partial charge in [0, 0.05) is 103 Å². The van der Waals surface area contributed by atoms with Crippen LogP contribution in [0.3, 0.4) is 0 Å². The Bertz CT molecular complexity index is 5540. The number of benzene rings is 8. The van der Waals surface area contributed by atoms with Gasteiger partial charge < -0.3 is 81.2 Å². The fourth-order valence-corrected chi connectivity index (χ4v) is 31.6. The molecule has 16 N–H and O–H groups in total. The van der Waals surface area contributed by atoms with E-state index in [1.807, 2.05) is 192 Å². The lowest BCUT2D eigenvalue weighted by atomic mass is 9.83. The molecule has 8 aromatic carbocycles. The summed E-state index contributed by atoms with van der Waals surface area (Å²) in [5.41, 5.74) is 1.13. The van der Waals surface area contributed by atoms with Crippen LogP contribution in [0.2, 0.25) is 0 Å². The number of phenols is 2. The highest BCUT2D eigenvalue weighted by atomic mass is 127. The molecule has 782 valence electrons. The first-order valence-electron chi connectivity index (χ1n) is 41.6. The molecule has 3 aliphatic heterocycles. The molecule has 0 bridgehead atoms. The molecule has 3 fully saturated rings. The molecular weight excluding hydrogens is 4300 g/mol. The van der Waals surface area contributed by atoms with Crippen molar-refractivity contribution < 1.29 is 123 Å². The standard InChI is InChI=1S/2C15H18I3NO2.C14H17I3O2.C13H14I3NO2.C10H7I3O4.C7H3Br3O3.C7H3I3O2.C7H4I2O3.C5H10O2.H3N/c2*1-15(2,9-3-5-19-6-4-9)21-14(20)11-7-10(16)8-12(17)13(11)18;1-5-8(2)14(3,4)19-13(18)10-6-9(15)7-11(16)12(10)17;1-13(2,7-5-17-6-7)19-12(18)9-3-8(14)4-10(15)11(9)16;11-5-3-6(12)10(7(13)4-5)17-9(16)2-1-8(14)15;8-2-1-3(9)6(11)5(10)4(2)7(12)13;2*8-3-1-2-4(9)6(10)5(3)7(11)12;1-5(2,3)7-4-6;/h2*7-9,19H,3-6H2,1-2H3;6-8H,5H2,1-4H3;3-4,7,17H,5-6H2,1-2H3;3-4H,1-2H2,(H,14,15);1,11H,(H,12,13);1-2H,(H,11,12);1-2,10H,(H,11,12);4H,1-3H3;1H3/p+4. The largest absolute Gasteiger partial charge is 0.506 e. The minimum Gasteiger partial charge on any atom is -0.506 e. The molecule has 0 amide bonds. The van der Waals surface area contributed by atoms with Crippen molar-refractivity contribution in [2.24, 2.45) is 23.7 Å². The SMILES string of the molecule is CC(C)(C)OC=O.CC(C)(OC(=O)c1cc(I)cc(I)c1I)C1CC[NH2+]CC1.CC(C)(OC(=O)c1cc(I)cc(I)c1I)C1CC[NH2+]CC1.CC(C)(OC(=O)c1cc(I)cc(I)c1I)C1C[NH2+]C1.CCC(C)C(C)(C)OC(=O)c1cc(I)cc(I)c1I.O=C(O)CCC(=O)Oc1c(I)cc(I)cc1I.O=C(O)c1c(Br)cc(Br)c(O)c1Br.O=C(O)c1c(I)ccc(I)c1I.O=C(O)c1c(I)ccc(I)c1O.[NH4+]. The van der Waals surface area contributed by atoms with E-state index >= 15 is 0 Å². The Morgan fingerprint density at radius 1 is 0.394 bits per heavy atom. The number of carbonyl (C=O) groups excluding carboxylic acids is 6. The number of hydrogen-bond donors (Lipinski definition) is 10. The number of hydrogen-bond acceptors (Lipinski definition) is 18. The summed E-state index contributed by atoms with van der Waals surface area (Å²) >= 11 is 52.3. The van der Waals surface area contributed by atoms with Crippen molar-refractivity contribution in [3.05, 3.63) is 215 Å². The molecule has 3 aliphatic rings. The van der Waals surface area contributed by atoms with E-state index in [0.29, 0.717) is 79.8 Å². The number of phenolic OH excluding ortho intramolecular Hbond substituents is 1. The van der Waals surface area contributed by atoms with Crippen molar-refractivity contribution in [2.75, 3.05) is 39.3 Å². The van der Waals surface area contributed by atoms with Crippen LogP contribution in [0.1, 0.15) is 207 Å². The fourth-order valence-electron chi connectivity index (χ4n) is 12.4. The number of quaternary nitrogens is 4. The van der Waals surface area contributed by atoms with Gasteiger partial charge in [-0.05, 0) is 679 Å². The van der Waals surface area contributed by atoms with Gasteiger partial charge in [0.2, 0.25) is 0 Å². The normalized spacial score (nSPS) is 13.2. The van der Waals surface area contributed by atoms with Crippen LogP contribution in [0.15, 0.2) is 104 Å². The number of rotatable bonds is 21. The monoisotopic (exact) mass is 4400 g/mol. The first kappa shape index (κ1) is 142. The number of halogens is 23. The van der Waals surface area contributed by atoms with Gasteiger partial charge in [0.1, 0.15) is 45.1 Å². The van der Waals surface area contributed by atoms with E-state index in [-0.39, 0.29) is 81.2 Å². The third kappa shape index (κ3) is 48.2. The van der Waals surface area contributed by atoms with Crippen LogP contribution in [0.4, 0.5) is 0 Å². The van der Waals surface area contributed by atoms with E-state index in [9.17, 15) is 58.2 Å². The van der Waals surface area contributed by atoms with Crippen molar-refractivity contribution in [2.45, 2.75) is 163 Å². The summed E-state index contributed by atoms with van der Waals surface area (Å²) in [4.78, 5) is 113. The summed E-state index contributed by atoms with van der Waals surface area (Å²) in [6, 6.07) is 28.2. The van der Waals surface area contributed by atoms with E-state index < -0.39 is 46.6 Å². The molecule has 0 aliphatic carbocycles. The number of nitrogens with two attached hydrogens (primary N) is 3. The Kier molecular flexibility index (Phi) is 68.1. The zero-order valence-electron chi connectivity index (χ0n) is 77.9. The Morgan fingerprint density at radius 2 is 0.711 bits per heavy atom. The van der Waals surface area contributed by atoms with Gasteiger partial charge in [0.25, 0.3) is 6.47 Å². The van der Waals surface area contributed by atoms with Gasteiger partial charge >= 0.3 is 53.7 Å². The summed E-state index contributed by atoms with van der Waals surface area (Å²) in [6.07, 6.45) is 5.11. The summed E-state index contributed by atoms with van der Waals surface area (Å²) in [5.74, 6) is -3.53. The molecule has 11 rings (SSSR count). The van der Waals surface area contributed by atoms with Crippen LogP contribution in [0.25, 0.3) is 0 Å². The molecule has 49 heteroatoms. The smallest absolute Gasteiger partial charge is 0.340 e. The lowest BCUT2D eigenvalue weighted by Crippen LogP contribution is -2.98. The maximum atomic E-state index is 12.6. The van der Waals surface area contributed by atoms with E-state index in [4.69, 9.17) is 44.1 Å². The van der Waals surface area contributed by atoms with Gasteiger partial charge in [-0.2, -0.15) is 0 Å². The summed E-state index contributed by atoms with van der Waals surface area (Å²) in [7, 11) is 0. The molecule has 3 heterocycles. The number of esters is 5. The number of carbonyl (C=O) groups is 10. The van der Waals surface area contributed by atoms with Gasteiger partial charge in [-0.15, -0.1) is 0 Å². The second-order valence-electron chi connectivity index (χ2n) is 33.7. The van der Waals surface area contributed by atoms with Crippen LogP contribution in [-0.4, -0.2) is 158 Å². The quantitative estimate of drug-likeness (QED) is 0.00797. The fraction of sp³-hybridized carbons (Fsp3) is 0.376. The second-order valence-corrected chi connectivity index (χ2v) is 59.4. The van der Waals surface area contributed by atoms with Crippen molar-refractivity contribution >= 4 is 560 Å². The van der Waals surface area contributed by atoms with Gasteiger partial charge in [0.15, 0.2) is 5.75 Å². The first-order valence-corrected chi connectivity index (χ1v) is 65.6. The molecular formula is C93H101Br3I20N4O22+4. The van der Waals surface area contributed by atoms with E-state index in [2.05, 4.69) is 491 Å². The number of carboxylic acid groups (broad SMARTS) is 4. The maximum absolute atomic E-state index is 12.6. The molecule has 1 unspecified atom stereocenters. The van der Waals surface area contributed by atoms with Crippen LogP contribution >= 0.6 is 500 Å². The molecule has 1 atom stereocenters. The van der Waals surface area contributed by atoms with E-state index in [1.54, 1.807) is 12.1 Å². The Morgan fingerprint density at radius 3 is 1.01 bits per heavy atom. The second kappa shape index (κ2) is 68.1. The maximum Gasteiger partial charge on any atom is 0.340 e. The predicted molar refractivity (Wildman–Crippen MR) is 730 cm³/mol. The highest BCUT2D eigenvalue weighted by Crippen LogP contribution is 2.41. The third-order valence-corrected chi connectivity index (χ3v) is 45.5. The minimum atomic E-state index is -1.11. The van der Waals surface area contributed by atoms with E-state index in [1.165, 1.54) is 6.07 Å². The first-order chi connectivity index (χ1) is 65.1. The molecule has 0 spiro atoms. The predicted octanol–water partition coefficient (Wildman–Crippen LogP) is 28.4. The summed E-state index contributed by atoms with van der Waals surface area (Å²) < 4.78 is 52.8. The topological polar surface area (TPSA) is 434 Å². The van der Waals surface area contributed by atoms with Crippen LogP contribution in [0.5, 0.6) is 17.2 Å². The lowest BCUT2D eigenvalue weighted by Gasteiger charge is -2.37. The number of piperidine rings is 2. The number of aromatic hydroxyl groups is 2. The Labute approximate surface area is 1120 Å². The molecule has 3 saturated heterocycles. The number of carboxylic acids is 4. The number of aromatic carboxylic acids is 3. The molecule has 142 heavy (non-hydrogen) atoms. The summed E-state index contributed by atoms with van der Waals surface area (Å²) in [6.45, 7) is 32.9. The average Bonchev–Trinajstić information content (AvgIpc) is 0.847. The van der Waals surface area contributed by atoms with Crippen molar-refractivity contribution in [3.63, 3.8) is 0 Å². The Hall–Kier alpha value is 3.94. The molecule has 0 radical (unpaired) electrons. The number of ether oxygens (including phenoxy) is 6. The van der Waals surface area contributed by atoms with Crippen LogP contribution < -0.4 is 26.8 Å². The zero-order chi connectivity index (χ0) is 108. The zero-order valence-corrected chi connectivity index (χ0v) is 126. The minimum absolute atomic E-state index is 0. The highest BCUT2D eigenvalue weighted by molar-refractivity contribution is 14.1. The molecule has 0 saturated carbocycles. The third-order valence-electron chi connectivity index (χ3n) is 20.8. The van der Waals surface area contributed by atoms with Gasteiger partial charge in [-0.3, -0.25) is 14.4 Å².